The Bertz CT molecular complexity index is 1100. The SMILES string of the molecule is CC1=C(O)C(=O)C=C2C1=CC=C1[C@@]2(C)CCC2(C)[C@@H]3C[C@](C)(C(=O)O)CC[C@]3(C)CC[C@]12C. The number of ketones is 1. The fraction of sp³-hybridized carbons (Fsp3) is 0.655. The lowest BCUT2D eigenvalue weighted by Gasteiger charge is -2.70. The molecular weight excluding hydrogens is 412 g/mol. The van der Waals surface area contributed by atoms with Gasteiger partial charge in [0.25, 0.3) is 0 Å². The van der Waals surface area contributed by atoms with E-state index in [0.717, 1.165) is 56.1 Å². The topological polar surface area (TPSA) is 74.6 Å². The first-order valence-corrected chi connectivity index (χ1v) is 12.6. The molecule has 0 aromatic rings. The van der Waals surface area contributed by atoms with Crippen molar-refractivity contribution < 1.29 is 19.8 Å². The van der Waals surface area contributed by atoms with Gasteiger partial charge in [-0.1, -0.05) is 45.4 Å². The number of carbonyl (C=O) groups excluding carboxylic acids is 1. The zero-order valence-corrected chi connectivity index (χ0v) is 21.0. The molecule has 0 heterocycles. The second kappa shape index (κ2) is 6.52. The maximum absolute atomic E-state index is 12.6. The minimum absolute atomic E-state index is 0.0000746. The number of carboxylic acid groups (broad SMARTS) is 1. The third-order valence-electron chi connectivity index (χ3n) is 11.4. The summed E-state index contributed by atoms with van der Waals surface area (Å²) < 4.78 is 0. The molecule has 178 valence electrons. The number of hydrogen-bond acceptors (Lipinski definition) is 3. The number of fused-ring (bicyclic) bond motifs is 7. The van der Waals surface area contributed by atoms with E-state index < -0.39 is 11.4 Å². The van der Waals surface area contributed by atoms with E-state index in [1.807, 2.05) is 13.8 Å². The lowest BCUT2D eigenvalue weighted by Crippen LogP contribution is -2.62. The number of carboxylic acids is 1. The van der Waals surface area contributed by atoms with Gasteiger partial charge in [0, 0.05) is 11.0 Å². The summed E-state index contributed by atoms with van der Waals surface area (Å²) in [7, 11) is 0. The molecule has 0 aromatic carbocycles. The molecule has 0 amide bonds. The highest BCUT2D eigenvalue weighted by Gasteiger charge is 2.67. The minimum atomic E-state index is -0.655. The Morgan fingerprint density at radius 3 is 2.30 bits per heavy atom. The molecule has 0 bridgehead atoms. The van der Waals surface area contributed by atoms with E-state index in [9.17, 15) is 19.8 Å². The first-order valence-electron chi connectivity index (χ1n) is 12.6. The molecule has 0 saturated heterocycles. The van der Waals surface area contributed by atoms with Gasteiger partial charge in [0.05, 0.1) is 5.41 Å². The average Bonchev–Trinajstić information content (AvgIpc) is 2.75. The number of hydrogen-bond donors (Lipinski definition) is 2. The number of allylic oxidation sites excluding steroid dienone is 7. The van der Waals surface area contributed by atoms with Crippen molar-refractivity contribution in [3.8, 4) is 0 Å². The van der Waals surface area contributed by atoms with Crippen LogP contribution in [0.25, 0.3) is 0 Å². The highest BCUT2D eigenvalue weighted by Crippen LogP contribution is 2.75. The van der Waals surface area contributed by atoms with E-state index in [4.69, 9.17) is 0 Å². The van der Waals surface area contributed by atoms with Crippen LogP contribution in [0.4, 0.5) is 0 Å². The van der Waals surface area contributed by atoms with Crippen molar-refractivity contribution in [3.05, 3.63) is 46.3 Å². The number of rotatable bonds is 1. The second-order valence-corrected chi connectivity index (χ2v) is 12.9. The molecule has 6 atom stereocenters. The fourth-order valence-corrected chi connectivity index (χ4v) is 8.65. The lowest BCUT2D eigenvalue weighted by atomic mass is 9.34. The van der Waals surface area contributed by atoms with Gasteiger partial charge in [0.15, 0.2) is 5.76 Å². The number of aliphatic hydroxyl groups is 1. The van der Waals surface area contributed by atoms with E-state index >= 15 is 0 Å². The van der Waals surface area contributed by atoms with Crippen LogP contribution < -0.4 is 0 Å². The first kappa shape index (κ1) is 22.7. The van der Waals surface area contributed by atoms with Gasteiger partial charge in [-0.3, -0.25) is 9.59 Å². The van der Waals surface area contributed by atoms with Crippen LogP contribution in [0.5, 0.6) is 0 Å². The fourth-order valence-electron chi connectivity index (χ4n) is 8.65. The van der Waals surface area contributed by atoms with Gasteiger partial charge in [0.2, 0.25) is 5.78 Å². The zero-order chi connectivity index (χ0) is 24.2. The van der Waals surface area contributed by atoms with Crippen molar-refractivity contribution in [2.45, 2.75) is 86.5 Å². The third-order valence-corrected chi connectivity index (χ3v) is 11.4. The van der Waals surface area contributed by atoms with Gasteiger partial charge in [-0.25, -0.2) is 0 Å². The highest BCUT2D eigenvalue weighted by molar-refractivity contribution is 6.06. The summed E-state index contributed by atoms with van der Waals surface area (Å²) >= 11 is 0. The molecule has 5 aliphatic carbocycles. The largest absolute Gasteiger partial charge is 0.504 e. The van der Waals surface area contributed by atoms with Gasteiger partial charge in [-0.2, -0.15) is 0 Å². The molecule has 5 aliphatic rings. The standard InChI is InChI=1S/C29H38O4/c1-17-18-7-8-21-27(4,19(18)15-20(30)23(17)31)12-14-29(6)22-16-26(3,24(32)33)10-9-25(22,2)11-13-28(21,29)5/h7-8,15,22,31H,9-14,16H2,1-6H3,(H,32,33)/t22-,25-,26-,27+,28-,29?/m1/s1. The van der Waals surface area contributed by atoms with Crippen molar-refractivity contribution in [2.24, 2.45) is 33.0 Å². The Kier molecular flexibility index (Phi) is 4.48. The normalized spacial score (nSPS) is 46.8. The molecule has 3 fully saturated rings. The van der Waals surface area contributed by atoms with Crippen LogP contribution in [0, 0.1) is 33.0 Å². The van der Waals surface area contributed by atoms with Gasteiger partial charge in [0.1, 0.15) is 0 Å². The number of aliphatic carboxylic acids is 1. The summed E-state index contributed by atoms with van der Waals surface area (Å²) in [5.41, 5.74) is 3.33. The monoisotopic (exact) mass is 450 g/mol. The molecule has 4 heteroatoms. The Morgan fingerprint density at radius 1 is 0.970 bits per heavy atom. The quantitative estimate of drug-likeness (QED) is 0.466. The predicted molar refractivity (Wildman–Crippen MR) is 129 cm³/mol. The van der Waals surface area contributed by atoms with Crippen LogP contribution in [0.2, 0.25) is 0 Å². The maximum Gasteiger partial charge on any atom is 0.309 e. The van der Waals surface area contributed by atoms with Crippen LogP contribution in [0.3, 0.4) is 0 Å². The van der Waals surface area contributed by atoms with Gasteiger partial charge >= 0.3 is 5.97 Å². The molecule has 0 radical (unpaired) electrons. The summed E-state index contributed by atoms with van der Waals surface area (Å²) in [6, 6.07) is 0. The molecule has 0 aliphatic heterocycles. The van der Waals surface area contributed by atoms with E-state index in [-0.39, 0.29) is 33.2 Å². The molecule has 33 heavy (non-hydrogen) atoms. The second-order valence-electron chi connectivity index (χ2n) is 12.9. The predicted octanol–water partition coefficient (Wildman–Crippen LogP) is 6.70. The Hall–Kier alpha value is -2.10. The maximum atomic E-state index is 12.6. The molecular formula is C29H38O4. The summed E-state index contributed by atoms with van der Waals surface area (Å²) in [4.78, 5) is 24.8. The van der Waals surface area contributed by atoms with Crippen LogP contribution in [-0.4, -0.2) is 22.0 Å². The molecule has 0 spiro atoms. The summed E-state index contributed by atoms with van der Waals surface area (Å²) in [5, 5.41) is 20.3. The van der Waals surface area contributed by atoms with Crippen molar-refractivity contribution in [1.29, 1.82) is 0 Å². The molecule has 3 saturated carbocycles. The first-order chi connectivity index (χ1) is 15.2. The van der Waals surface area contributed by atoms with Crippen molar-refractivity contribution in [3.63, 3.8) is 0 Å². The zero-order valence-electron chi connectivity index (χ0n) is 21.0. The van der Waals surface area contributed by atoms with E-state index in [1.165, 1.54) is 5.57 Å². The van der Waals surface area contributed by atoms with Crippen molar-refractivity contribution in [1.82, 2.24) is 0 Å². The minimum Gasteiger partial charge on any atom is -0.504 e. The molecule has 2 N–H and O–H groups in total. The van der Waals surface area contributed by atoms with E-state index in [1.54, 1.807) is 6.08 Å². The Labute approximate surface area is 197 Å². The van der Waals surface area contributed by atoms with E-state index in [0.29, 0.717) is 11.5 Å². The third kappa shape index (κ3) is 2.64. The molecule has 4 nitrogen and oxygen atoms in total. The Morgan fingerprint density at radius 2 is 1.64 bits per heavy atom. The molecule has 1 unspecified atom stereocenters. The summed E-state index contributed by atoms with van der Waals surface area (Å²) in [6.07, 6.45) is 12.7. The van der Waals surface area contributed by atoms with Crippen LogP contribution >= 0.6 is 0 Å². The summed E-state index contributed by atoms with van der Waals surface area (Å²) in [6.45, 7) is 13.3. The number of carbonyl (C=O) groups is 2. The van der Waals surface area contributed by atoms with Gasteiger partial charge in [-0.15, -0.1) is 0 Å². The molecule has 5 rings (SSSR count). The number of aliphatic hydroxyl groups excluding tert-OH is 1. The van der Waals surface area contributed by atoms with E-state index in [2.05, 4.69) is 39.8 Å². The molecule has 0 aromatic heterocycles. The van der Waals surface area contributed by atoms with Gasteiger partial charge < -0.3 is 10.2 Å². The average molecular weight is 451 g/mol. The van der Waals surface area contributed by atoms with Gasteiger partial charge in [-0.05, 0) is 98.2 Å². The van der Waals surface area contributed by atoms with Crippen molar-refractivity contribution in [2.75, 3.05) is 0 Å². The smallest absolute Gasteiger partial charge is 0.309 e. The Balaban J connectivity index is 1.64. The lowest BCUT2D eigenvalue weighted by molar-refractivity contribution is -0.178. The summed E-state index contributed by atoms with van der Waals surface area (Å²) in [5.74, 6) is -0.734. The van der Waals surface area contributed by atoms with Crippen LogP contribution in [0.1, 0.15) is 86.5 Å². The highest BCUT2D eigenvalue weighted by atomic mass is 16.4. The van der Waals surface area contributed by atoms with Crippen LogP contribution in [-0.2, 0) is 9.59 Å². The van der Waals surface area contributed by atoms with Crippen LogP contribution in [0.15, 0.2) is 46.3 Å². The van der Waals surface area contributed by atoms with Crippen molar-refractivity contribution >= 4 is 11.8 Å².